The van der Waals surface area contributed by atoms with Crippen molar-refractivity contribution in [3.05, 3.63) is 28.3 Å². The molecule has 0 aromatic heterocycles. The average molecular weight is 338 g/mol. The smallest absolute Gasteiger partial charge is 0.317 e. The summed E-state index contributed by atoms with van der Waals surface area (Å²) in [6.07, 6.45) is 3.39. The fourth-order valence-electron chi connectivity index (χ4n) is 3.12. The second-order valence-electron chi connectivity index (χ2n) is 6.33. The molecule has 0 bridgehead atoms. The Morgan fingerprint density at radius 1 is 1.17 bits per heavy atom. The molecule has 0 aliphatic carbocycles. The molecule has 23 heavy (non-hydrogen) atoms. The minimum Gasteiger partial charge on any atom is -0.367 e. The number of benzene rings is 1. The van der Waals surface area contributed by atoms with Gasteiger partial charge in [0.15, 0.2) is 0 Å². The lowest BCUT2D eigenvalue weighted by Crippen LogP contribution is -2.52. The van der Waals surface area contributed by atoms with E-state index in [4.69, 9.17) is 11.6 Å². The van der Waals surface area contributed by atoms with Crippen LogP contribution >= 0.6 is 11.6 Å². The minimum absolute atomic E-state index is 0.0625. The van der Waals surface area contributed by atoms with E-state index in [2.05, 4.69) is 37.1 Å². The number of carbonyl (C=O) groups is 1. The number of nitrogens with zero attached hydrogens (tertiary/aromatic N) is 2. The Morgan fingerprint density at radius 2 is 1.87 bits per heavy atom. The van der Waals surface area contributed by atoms with Crippen molar-refractivity contribution in [2.24, 2.45) is 0 Å². The van der Waals surface area contributed by atoms with E-state index < -0.39 is 0 Å². The van der Waals surface area contributed by atoms with Crippen LogP contribution in [0.4, 0.5) is 10.5 Å². The summed E-state index contributed by atoms with van der Waals surface area (Å²) in [5.41, 5.74) is 3.49. The number of urea groups is 1. The molecule has 1 aliphatic heterocycles. The van der Waals surface area contributed by atoms with Crippen LogP contribution in [-0.4, -0.2) is 43.7 Å². The topological polar surface area (TPSA) is 35.6 Å². The van der Waals surface area contributed by atoms with Gasteiger partial charge in [-0.05, 0) is 37.5 Å². The van der Waals surface area contributed by atoms with E-state index in [9.17, 15) is 4.79 Å². The van der Waals surface area contributed by atoms with E-state index in [1.54, 1.807) is 0 Å². The molecule has 128 valence electrons. The normalized spacial score (nSPS) is 15.0. The third-order valence-electron chi connectivity index (χ3n) is 4.34. The Balaban J connectivity index is 1.88. The quantitative estimate of drug-likeness (QED) is 0.825. The van der Waals surface area contributed by atoms with Gasteiger partial charge in [0.25, 0.3) is 0 Å². The molecule has 1 heterocycles. The van der Waals surface area contributed by atoms with Crippen LogP contribution < -0.4 is 10.2 Å². The van der Waals surface area contributed by atoms with Crippen molar-refractivity contribution in [2.45, 2.75) is 40.0 Å². The predicted molar refractivity (Wildman–Crippen MR) is 97.6 cm³/mol. The molecular weight excluding hydrogens is 310 g/mol. The van der Waals surface area contributed by atoms with Crippen LogP contribution in [0.1, 0.15) is 37.3 Å². The van der Waals surface area contributed by atoms with Crippen molar-refractivity contribution in [3.63, 3.8) is 0 Å². The van der Waals surface area contributed by atoms with Gasteiger partial charge in [-0.15, -0.1) is 0 Å². The lowest BCUT2D eigenvalue weighted by atomic mass is 10.1. The van der Waals surface area contributed by atoms with Crippen molar-refractivity contribution in [1.29, 1.82) is 0 Å². The monoisotopic (exact) mass is 337 g/mol. The van der Waals surface area contributed by atoms with Gasteiger partial charge in [-0.3, -0.25) is 0 Å². The first-order valence-corrected chi connectivity index (χ1v) is 8.95. The van der Waals surface area contributed by atoms with Gasteiger partial charge in [-0.25, -0.2) is 4.79 Å². The number of anilines is 1. The second-order valence-corrected chi connectivity index (χ2v) is 6.73. The maximum atomic E-state index is 12.2. The predicted octanol–water partition coefficient (Wildman–Crippen LogP) is 3.98. The number of carbonyl (C=O) groups excluding carboxylic acids is 1. The molecule has 0 unspecified atom stereocenters. The fraction of sp³-hybridized carbons (Fsp3) is 0.611. The Morgan fingerprint density at radius 3 is 2.48 bits per heavy atom. The minimum atomic E-state index is 0.0625. The van der Waals surface area contributed by atoms with Crippen molar-refractivity contribution in [3.8, 4) is 0 Å². The molecule has 0 saturated carbocycles. The first-order valence-electron chi connectivity index (χ1n) is 8.57. The molecule has 1 aliphatic rings. The van der Waals surface area contributed by atoms with E-state index in [0.29, 0.717) is 0 Å². The zero-order chi connectivity index (χ0) is 16.8. The van der Waals surface area contributed by atoms with E-state index >= 15 is 0 Å². The number of amides is 2. The summed E-state index contributed by atoms with van der Waals surface area (Å²) in [5.74, 6) is 0. The average Bonchev–Trinajstić information content (AvgIpc) is 2.51. The summed E-state index contributed by atoms with van der Waals surface area (Å²) in [6, 6.07) is 4.23. The largest absolute Gasteiger partial charge is 0.367 e. The Hall–Kier alpha value is -1.42. The number of hydrogen-bond acceptors (Lipinski definition) is 2. The standard InChI is InChI=1S/C18H28ClN3O/c1-4-5-6-7-20-18(23)22-10-8-21(9-11-22)17-15(3)12-14(2)13-16(17)19/h12-13H,4-11H2,1-3H3,(H,20,23). The highest BCUT2D eigenvalue weighted by Gasteiger charge is 2.23. The van der Waals surface area contributed by atoms with E-state index in [1.807, 2.05) is 11.0 Å². The molecule has 1 saturated heterocycles. The zero-order valence-corrected chi connectivity index (χ0v) is 15.2. The molecule has 0 radical (unpaired) electrons. The van der Waals surface area contributed by atoms with Gasteiger partial charge >= 0.3 is 6.03 Å². The van der Waals surface area contributed by atoms with Gasteiger partial charge in [-0.1, -0.05) is 37.4 Å². The number of rotatable bonds is 5. The van der Waals surface area contributed by atoms with Gasteiger partial charge in [-0.2, -0.15) is 0 Å². The van der Waals surface area contributed by atoms with Crippen molar-refractivity contribution in [2.75, 3.05) is 37.6 Å². The lowest BCUT2D eigenvalue weighted by molar-refractivity contribution is 0.194. The molecule has 0 spiro atoms. The number of piperazine rings is 1. The van der Waals surface area contributed by atoms with Crippen LogP contribution in [0.3, 0.4) is 0 Å². The van der Waals surface area contributed by atoms with Crippen molar-refractivity contribution in [1.82, 2.24) is 10.2 Å². The summed E-state index contributed by atoms with van der Waals surface area (Å²) < 4.78 is 0. The first-order chi connectivity index (χ1) is 11.0. The van der Waals surface area contributed by atoms with Gasteiger partial charge in [0.1, 0.15) is 0 Å². The molecule has 1 aromatic carbocycles. The van der Waals surface area contributed by atoms with Gasteiger partial charge in [0.05, 0.1) is 10.7 Å². The highest BCUT2D eigenvalue weighted by molar-refractivity contribution is 6.33. The first kappa shape index (κ1) is 17.9. The van der Waals surface area contributed by atoms with E-state index in [0.717, 1.165) is 49.9 Å². The summed E-state index contributed by atoms with van der Waals surface area (Å²) in [7, 11) is 0. The maximum Gasteiger partial charge on any atom is 0.317 e. The van der Waals surface area contributed by atoms with Crippen LogP contribution in [0.15, 0.2) is 12.1 Å². The van der Waals surface area contributed by atoms with E-state index in [-0.39, 0.29) is 6.03 Å². The van der Waals surface area contributed by atoms with Crippen LogP contribution in [0.25, 0.3) is 0 Å². The molecular formula is C18H28ClN3O. The summed E-state index contributed by atoms with van der Waals surface area (Å²) in [4.78, 5) is 16.3. The summed E-state index contributed by atoms with van der Waals surface area (Å²) in [6.45, 7) is 10.2. The fourth-order valence-corrected chi connectivity index (χ4v) is 3.56. The van der Waals surface area contributed by atoms with Crippen LogP contribution in [0.2, 0.25) is 5.02 Å². The third kappa shape index (κ3) is 4.77. The molecule has 0 atom stereocenters. The van der Waals surface area contributed by atoms with Crippen LogP contribution in [0, 0.1) is 13.8 Å². The van der Waals surface area contributed by atoms with Gasteiger partial charge < -0.3 is 15.1 Å². The highest BCUT2D eigenvalue weighted by Crippen LogP contribution is 2.31. The molecule has 1 N–H and O–H groups in total. The maximum absolute atomic E-state index is 12.2. The van der Waals surface area contributed by atoms with Gasteiger partial charge in [0, 0.05) is 32.7 Å². The van der Waals surface area contributed by atoms with Crippen molar-refractivity contribution >= 4 is 23.3 Å². The SMILES string of the molecule is CCCCCNC(=O)N1CCN(c2c(C)cc(C)cc2Cl)CC1. The molecule has 4 nitrogen and oxygen atoms in total. The van der Waals surface area contributed by atoms with E-state index in [1.165, 1.54) is 24.0 Å². The highest BCUT2D eigenvalue weighted by atomic mass is 35.5. The third-order valence-corrected chi connectivity index (χ3v) is 4.63. The van der Waals surface area contributed by atoms with Crippen LogP contribution in [0.5, 0.6) is 0 Å². The number of aryl methyl sites for hydroxylation is 2. The zero-order valence-electron chi connectivity index (χ0n) is 14.5. The van der Waals surface area contributed by atoms with Crippen molar-refractivity contribution < 1.29 is 4.79 Å². The van der Waals surface area contributed by atoms with Gasteiger partial charge in [0.2, 0.25) is 0 Å². The molecule has 1 aromatic rings. The number of unbranched alkanes of at least 4 members (excludes halogenated alkanes) is 2. The number of halogens is 1. The van der Waals surface area contributed by atoms with Crippen LogP contribution in [-0.2, 0) is 0 Å². The summed E-state index contributed by atoms with van der Waals surface area (Å²) >= 11 is 6.43. The summed E-state index contributed by atoms with van der Waals surface area (Å²) in [5, 5.41) is 3.82. The molecule has 5 heteroatoms. The molecule has 1 fully saturated rings. The Kier molecular flexibility index (Phi) is 6.58. The molecule has 2 rings (SSSR count). The Bertz CT molecular complexity index is 516. The Labute approximate surface area is 144 Å². The number of hydrogen-bond donors (Lipinski definition) is 1. The second kappa shape index (κ2) is 8.44. The number of nitrogens with one attached hydrogen (secondary N) is 1. The lowest BCUT2D eigenvalue weighted by Gasteiger charge is -2.37. The molecule has 2 amide bonds.